The molecular weight excluding hydrogens is 242 g/mol. The van der Waals surface area contributed by atoms with E-state index >= 15 is 0 Å². The van der Waals surface area contributed by atoms with Crippen molar-refractivity contribution >= 4 is 11.3 Å². The topological polar surface area (TPSA) is 37.8 Å². The van der Waals surface area contributed by atoms with E-state index < -0.39 is 0 Å². The molecule has 0 atom stereocenters. The Morgan fingerprint density at radius 2 is 1.89 bits per heavy atom. The highest BCUT2D eigenvalue weighted by Gasteiger charge is 2.06. The summed E-state index contributed by atoms with van der Waals surface area (Å²) in [7, 11) is 0. The lowest BCUT2D eigenvalue weighted by molar-refractivity contribution is 0.584. The fourth-order valence-corrected chi connectivity index (χ4v) is 2.51. The second kappa shape index (κ2) is 6.07. The predicted octanol–water partition coefficient (Wildman–Crippen LogP) is 2.94. The van der Waals surface area contributed by atoms with Crippen molar-refractivity contribution in [2.24, 2.45) is 0 Å². The van der Waals surface area contributed by atoms with Crippen LogP contribution in [-0.2, 0) is 13.0 Å². The smallest absolute Gasteiger partial charge is 0.131 e. The van der Waals surface area contributed by atoms with E-state index in [9.17, 15) is 0 Å². The first-order chi connectivity index (χ1) is 8.65. The van der Waals surface area contributed by atoms with Crippen LogP contribution < -0.4 is 5.32 Å². The van der Waals surface area contributed by atoms with Crippen LogP contribution in [0.4, 0.5) is 0 Å². The van der Waals surface area contributed by atoms with Gasteiger partial charge in [-0.05, 0) is 18.1 Å². The standard InChI is InChI=1S/C14H19N3S/c1-10(2)15-9-14-17-16-13(18-14)8-12-7-5-4-6-11(12)3/h4-7,10,15H,8-9H2,1-3H3. The molecule has 0 aliphatic rings. The third-order valence-electron chi connectivity index (χ3n) is 2.77. The van der Waals surface area contributed by atoms with Gasteiger partial charge in [0, 0.05) is 19.0 Å². The van der Waals surface area contributed by atoms with Gasteiger partial charge in [-0.15, -0.1) is 10.2 Å². The number of nitrogens with one attached hydrogen (secondary N) is 1. The summed E-state index contributed by atoms with van der Waals surface area (Å²) >= 11 is 1.69. The number of hydrogen-bond donors (Lipinski definition) is 1. The van der Waals surface area contributed by atoms with Crippen molar-refractivity contribution in [3.8, 4) is 0 Å². The Hall–Kier alpha value is -1.26. The molecule has 0 saturated heterocycles. The molecule has 96 valence electrons. The minimum atomic E-state index is 0.480. The predicted molar refractivity (Wildman–Crippen MR) is 75.9 cm³/mol. The molecular formula is C14H19N3S. The van der Waals surface area contributed by atoms with Gasteiger partial charge in [0.15, 0.2) is 0 Å². The first-order valence-electron chi connectivity index (χ1n) is 6.24. The van der Waals surface area contributed by atoms with Crippen LogP contribution in [-0.4, -0.2) is 16.2 Å². The van der Waals surface area contributed by atoms with E-state index in [2.05, 4.69) is 60.6 Å². The molecule has 0 saturated carbocycles. The van der Waals surface area contributed by atoms with Crippen molar-refractivity contribution < 1.29 is 0 Å². The highest BCUT2D eigenvalue weighted by atomic mass is 32.1. The first-order valence-corrected chi connectivity index (χ1v) is 7.06. The van der Waals surface area contributed by atoms with Crippen LogP contribution in [0.3, 0.4) is 0 Å². The molecule has 0 aliphatic carbocycles. The van der Waals surface area contributed by atoms with Crippen molar-refractivity contribution in [3.63, 3.8) is 0 Å². The number of benzene rings is 1. The molecule has 3 nitrogen and oxygen atoms in total. The molecule has 0 fully saturated rings. The Morgan fingerprint density at radius 3 is 2.61 bits per heavy atom. The van der Waals surface area contributed by atoms with Crippen molar-refractivity contribution in [2.75, 3.05) is 0 Å². The highest BCUT2D eigenvalue weighted by molar-refractivity contribution is 7.11. The molecule has 18 heavy (non-hydrogen) atoms. The molecule has 0 aliphatic heterocycles. The summed E-state index contributed by atoms with van der Waals surface area (Å²) in [4.78, 5) is 0. The van der Waals surface area contributed by atoms with Crippen molar-refractivity contribution in [1.82, 2.24) is 15.5 Å². The summed E-state index contributed by atoms with van der Waals surface area (Å²) in [6.07, 6.45) is 0.881. The first kappa shape index (κ1) is 13.2. The monoisotopic (exact) mass is 261 g/mol. The van der Waals surface area contributed by atoms with Gasteiger partial charge in [0.25, 0.3) is 0 Å². The normalized spacial score (nSPS) is 11.1. The van der Waals surface area contributed by atoms with E-state index in [0.29, 0.717) is 6.04 Å². The minimum absolute atomic E-state index is 0.480. The van der Waals surface area contributed by atoms with Crippen molar-refractivity contribution in [1.29, 1.82) is 0 Å². The van der Waals surface area contributed by atoms with Crippen LogP contribution in [0.25, 0.3) is 0 Å². The average molecular weight is 261 g/mol. The zero-order chi connectivity index (χ0) is 13.0. The maximum atomic E-state index is 4.26. The van der Waals surface area contributed by atoms with Gasteiger partial charge in [-0.25, -0.2) is 0 Å². The molecule has 2 rings (SSSR count). The van der Waals surface area contributed by atoms with E-state index in [4.69, 9.17) is 0 Å². The van der Waals surface area contributed by atoms with Crippen LogP contribution >= 0.6 is 11.3 Å². The molecule has 4 heteroatoms. The molecule has 0 amide bonds. The lowest BCUT2D eigenvalue weighted by Crippen LogP contribution is -2.21. The number of aromatic nitrogens is 2. The lowest BCUT2D eigenvalue weighted by Gasteiger charge is -2.04. The second-order valence-corrected chi connectivity index (χ2v) is 5.88. The van der Waals surface area contributed by atoms with Crippen molar-refractivity contribution in [3.05, 3.63) is 45.4 Å². The van der Waals surface area contributed by atoms with Crippen molar-refractivity contribution in [2.45, 2.75) is 39.8 Å². The summed E-state index contributed by atoms with van der Waals surface area (Å²) in [5, 5.41) is 14.0. The Kier molecular flexibility index (Phi) is 4.44. The van der Waals surface area contributed by atoms with Crippen LogP contribution in [0.5, 0.6) is 0 Å². The number of aryl methyl sites for hydroxylation is 1. The summed E-state index contributed by atoms with van der Waals surface area (Å²) in [6, 6.07) is 8.91. The summed E-state index contributed by atoms with van der Waals surface area (Å²) in [5.41, 5.74) is 2.64. The van der Waals surface area contributed by atoms with Gasteiger partial charge < -0.3 is 5.32 Å². The van der Waals surface area contributed by atoms with Gasteiger partial charge in [-0.2, -0.15) is 0 Å². The SMILES string of the molecule is Cc1ccccc1Cc1nnc(CNC(C)C)s1. The zero-order valence-corrected chi connectivity index (χ0v) is 11.9. The van der Waals surface area contributed by atoms with E-state index in [1.165, 1.54) is 11.1 Å². The molecule has 0 unspecified atom stereocenters. The highest BCUT2D eigenvalue weighted by Crippen LogP contribution is 2.17. The van der Waals surface area contributed by atoms with Gasteiger partial charge in [0.05, 0.1) is 0 Å². The average Bonchev–Trinajstić information content (AvgIpc) is 2.77. The molecule has 1 N–H and O–H groups in total. The maximum Gasteiger partial charge on any atom is 0.131 e. The quantitative estimate of drug-likeness (QED) is 0.899. The second-order valence-electron chi connectivity index (χ2n) is 4.73. The van der Waals surface area contributed by atoms with Gasteiger partial charge >= 0.3 is 0 Å². The van der Waals surface area contributed by atoms with Gasteiger partial charge in [-0.1, -0.05) is 49.4 Å². The van der Waals surface area contributed by atoms with Gasteiger partial charge in [0.2, 0.25) is 0 Å². The molecule has 1 heterocycles. The molecule has 2 aromatic rings. The third kappa shape index (κ3) is 3.62. The van der Waals surface area contributed by atoms with Gasteiger partial charge in [0.1, 0.15) is 10.0 Å². The van der Waals surface area contributed by atoms with Crippen LogP contribution in [0.1, 0.15) is 35.0 Å². The van der Waals surface area contributed by atoms with Crippen LogP contribution in [0, 0.1) is 6.92 Å². The van der Waals surface area contributed by atoms with E-state index in [1.54, 1.807) is 11.3 Å². The number of nitrogens with zero attached hydrogens (tertiary/aromatic N) is 2. The fourth-order valence-electron chi connectivity index (χ4n) is 1.69. The molecule has 0 bridgehead atoms. The molecule has 0 radical (unpaired) electrons. The van der Waals surface area contributed by atoms with Crippen LogP contribution in [0.15, 0.2) is 24.3 Å². The fraction of sp³-hybridized carbons (Fsp3) is 0.429. The number of hydrogen-bond acceptors (Lipinski definition) is 4. The minimum Gasteiger partial charge on any atom is -0.308 e. The maximum absolute atomic E-state index is 4.26. The molecule has 1 aromatic heterocycles. The Bertz CT molecular complexity index is 505. The van der Waals surface area contributed by atoms with E-state index in [0.717, 1.165) is 23.0 Å². The summed E-state index contributed by atoms with van der Waals surface area (Å²) in [5.74, 6) is 0. The van der Waals surface area contributed by atoms with E-state index in [-0.39, 0.29) is 0 Å². The van der Waals surface area contributed by atoms with Crippen LogP contribution in [0.2, 0.25) is 0 Å². The summed E-state index contributed by atoms with van der Waals surface area (Å²) in [6.45, 7) is 7.21. The lowest BCUT2D eigenvalue weighted by atomic mass is 10.1. The molecule has 1 aromatic carbocycles. The van der Waals surface area contributed by atoms with E-state index in [1.807, 2.05) is 0 Å². The zero-order valence-electron chi connectivity index (χ0n) is 11.1. The summed E-state index contributed by atoms with van der Waals surface area (Å²) < 4.78 is 0. The largest absolute Gasteiger partial charge is 0.308 e. The Morgan fingerprint density at radius 1 is 1.17 bits per heavy atom. The third-order valence-corrected chi connectivity index (χ3v) is 3.70. The Labute approximate surface area is 112 Å². The Balaban J connectivity index is 2.00. The number of rotatable bonds is 5. The van der Waals surface area contributed by atoms with Gasteiger partial charge in [-0.3, -0.25) is 0 Å². The molecule has 0 spiro atoms.